The Morgan fingerprint density at radius 2 is 2.05 bits per heavy atom. The lowest BCUT2D eigenvalue weighted by atomic mass is 9.77. The molecule has 1 aromatic heterocycles. The quantitative estimate of drug-likeness (QED) is 0.890. The predicted octanol–water partition coefficient (Wildman–Crippen LogP) is 1.29. The van der Waals surface area contributed by atoms with Crippen molar-refractivity contribution in [1.29, 1.82) is 0 Å². The average Bonchev–Trinajstić information content (AvgIpc) is 3.11. The first-order chi connectivity index (χ1) is 10.5. The highest BCUT2D eigenvalue weighted by Gasteiger charge is 2.55. The van der Waals surface area contributed by atoms with E-state index in [1.807, 2.05) is 11.4 Å². The molecule has 22 heavy (non-hydrogen) atoms. The number of likely N-dealkylation sites (tertiary alicyclic amines) is 2. The lowest BCUT2D eigenvalue weighted by molar-refractivity contribution is -0.145. The molecule has 1 atom stereocenters. The van der Waals surface area contributed by atoms with Crippen LogP contribution in [0.2, 0.25) is 0 Å². The van der Waals surface area contributed by atoms with Crippen LogP contribution < -0.4 is 0 Å². The van der Waals surface area contributed by atoms with Crippen molar-refractivity contribution in [1.82, 2.24) is 9.80 Å². The minimum Gasteiger partial charge on any atom is -0.481 e. The predicted molar refractivity (Wildman–Crippen MR) is 80.7 cm³/mol. The van der Waals surface area contributed by atoms with Crippen molar-refractivity contribution in [3.63, 3.8) is 0 Å². The molecule has 0 unspecified atom stereocenters. The van der Waals surface area contributed by atoms with Gasteiger partial charge in [-0.15, -0.1) is 11.3 Å². The Morgan fingerprint density at radius 1 is 1.36 bits per heavy atom. The van der Waals surface area contributed by atoms with Crippen LogP contribution in [0.1, 0.15) is 28.9 Å². The van der Waals surface area contributed by atoms with Gasteiger partial charge in [0.15, 0.2) is 0 Å². The Bertz CT molecular complexity index is 605. The monoisotopic (exact) mass is 322 g/mol. The Morgan fingerprint density at radius 3 is 2.59 bits per heavy atom. The summed E-state index contributed by atoms with van der Waals surface area (Å²) in [5.41, 5.74) is -0.644. The molecule has 118 valence electrons. The van der Waals surface area contributed by atoms with Gasteiger partial charge < -0.3 is 14.9 Å². The molecule has 3 rings (SSSR count). The molecule has 3 heterocycles. The van der Waals surface area contributed by atoms with E-state index >= 15 is 0 Å². The molecule has 1 aromatic rings. The summed E-state index contributed by atoms with van der Waals surface area (Å²) in [5.74, 6) is -1.73. The average molecular weight is 322 g/mol. The van der Waals surface area contributed by atoms with Crippen LogP contribution in [0, 0.1) is 5.92 Å². The number of nitrogens with zero attached hydrogens (tertiary/aromatic N) is 2. The summed E-state index contributed by atoms with van der Waals surface area (Å²) < 4.78 is 0. The zero-order chi connectivity index (χ0) is 15.9. The van der Waals surface area contributed by atoms with E-state index in [0.29, 0.717) is 30.8 Å². The summed E-state index contributed by atoms with van der Waals surface area (Å²) >= 11 is 1.40. The molecular formula is C15H18N2O4S. The van der Waals surface area contributed by atoms with Crippen LogP contribution in [0.25, 0.3) is 0 Å². The number of carbonyl (C=O) groups excluding carboxylic acids is 2. The van der Waals surface area contributed by atoms with E-state index in [1.54, 1.807) is 22.9 Å². The summed E-state index contributed by atoms with van der Waals surface area (Å²) in [5, 5.41) is 11.3. The SMILES string of the molecule is CN1C(=O)C[C@@H](C(=O)O)C12CCN(C(=O)c1cccs1)CC2. The highest BCUT2D eigenvalue weighted by atomic mass is 32.1. The van der Waals surface area contributed by atoms with Crippen molar-refractivity contribution in [3.8, 4) is 0 Å². The van der Waals surface area contributed by atoms with Crippen LogP contribution in [0.3, 0.4) is 0 Å². The molecule has 0 aliphatic carbocycles. The fourth-order valence-electron chi connectivity index (χ4n) is 3.64. The molecule has 2 amide bonds. The third kappa shape index (κ3) is 2.20. The number of hydrogen-bond donors (Lipinski definition) is 1. The van der Waals surface area contributed by atoms with Gasteiger partial charge in [-0.3, -0.25) is 14.4 Å². The van der Waals surface area contributed by atoms with E-state index in [1.165, 1.54) is 11.3 Å². The molecule has 0 bridgehead atoms. The van der Waals surface area contributed by atoms with Gasteiger partial charge in [-0.25, -0.2) is 0 Å². The van der Waals surface area contributed by atoms with E-state index in [2.05, 4.69) is 0 Å². The highest BCUT2D eigenvalue weighted by Crippen LogP contribution is 2.43. The number of carbonyl (C=O) groups is 3. The second kappa shape index (κ2) is 5.39. The second-order valence-corrected chi connectivity index (χ2v) is 6.87. The summed E-state index contributed by atoms with van der Waals surface area (Å²) in [6.07, 6.45) is 1.09. The third-order valence-electron chi connectivity index (χ3n) is 5.02. The Balaban J connectivity index is 1.76. The zero-order valence-corrected chi connectivity index (χ0v) is 13.1. The molecule has 2 saturated heterocycles. The Labute approximate surface area is 132 Å². The largest absolute Gasteiger partial charge is 0.481 e. The molecular weight excluding hydrogens is 304 g/mol. The van der Waals surface area contributed by atoms with Crippen LogP contribution in [0.5, 0.6) is 0 Å². The summed E-state index contributed by atoms with van der Waals surface area (Å²) in [6, 6.07) is 3.63. The number of carboxylic acids is 1. The summed E-state index contributed by atoms with van der Waals surface area (Å²) in [4.78, 5) is 39.9. The lowest BCUT2D eigenvalue weighted by Gasteiger charge is -2.45. The minimum atomic E-state index is -0.921. The normalized spacial score (nSPS) is 24.0. The van der Waals surface area contributed by atoms with Crippen molar-refractivity contribution in [2.45, 2.75) is 24.8 Å². The van der Waals surface area contributed by atoms with E-state index in [-0.39, 0.29) is 18.2 Å². The minimum absolute atomic E-state index is 0.0105. The number of piperidine rings is 1. The zero-order valence-electron chi connectivity index (χ0n) is 12.3. The first kappa shape index (κ1) is 15.0. The molecule has 0 radical (unpaired) electrons. The molecule has 2 aliphatic rings. The molecule has 6 nitrogen and oxygen atoms in total. The molecule has 2 fully saturated rings. The first-order valence-corrected chi connectivity index (χ1v) is 8.16. The molecule has 1 spiro atoms. The van der Waals surface area contributed by atoms with Crippen LogP contribution in [0.15, 0.2) is 17.5 Å². The number of amides is 2. The maximum Gasteiger partial charge on any atom is 0.309 e. The maximum absolute atomic E-state index is 12.4. The van der Waals surface area contributed by atoms with Crippen molar-refractivity contribution < 1.29 is 19.5 Å². The van der Waals surface area contributed by atoms with Gasteiger partial charge in [0, 0.05) is 26.6 Å². The van der Waals surface area contributed by atoms with Crippen molar-refractivity contribution >= 4 is 29.1 Å². The van der Waals surface area contributed by atoms with Gasteiger partial charge in [0.25, 0.3) is 5.91 Å². The van der Waals surface area contributed by atoms with Gasteiger partial charge >= 0.3 is 5.97 Å². The molecule has 1 N–H and O–H groups in total. The third-order valence-corrected chi connectivity index (χ3v) is 5.87. The molecule has 0 aromatic carbocycles. The van der Waals surface area contributed by atoms with Crippen LogP contribution in [-0.2, 0) is 9.59 Å². The Kier molecular flexibility index (Phi) is 3.68. The van der Waals surface area contributed by atoms with Gasteiger partial charge in [0.2, 0.25) is 5.91 Å². The first-order valence-electron chi connectivity index (χ1n) is 7.28. The highest BCUT2D eigenvalue weighted by molar-refractivity contribution is 7.12. The molecule has 7 heteroatoms. The standard InChI is InChI=1S/C15H18N2O4S/c1-16-12(18)9-10(14(20)21)15(16)4-6-17(7-5-15)13(19)11-3-2-8-22-11/h2-3,8,10H,4-7,9H2,1H3,(H,20,21)/t10-/m0/s1. The van der Waals surface area contributed by atoms with Gasteiger partial charge in [0.05, 0.1) is 16.3 Å². The van der Waals surface area contributed by atoms with Gasteiger partial charge in [-0.2, -0.15) is 0 Å². The van der Waals surface area contributed by atoms with E-state index in [9.17, 15) is 19.5 Å². The lowest BCUT2D eigenvalue weighted by Crippen LogP contribution is -2.56. The number of thiophene rings is 1. The van der Waals surface area contributed by atoms with Gasteiger partial charge in [-0.1, -0.05) is 6.07 Å². The topological polar surface area (TPSA) is 77.9 Å². The van der Waals surface area contributed by atoms with Crippen LogP contribution in [0.4, 0.5) is 0 Å². The number of rotatable bonds is 2. The summed E-state index contributed by atoms with van der Waals surface area (Å²) in [7, 11) is 1.68. The van der Waals surface area contributed by atoms with Crippen LogP contribution >= 0.6 is 11.3 Å². The van der Waals surface area contributed by atoms with E-state index in [4.69, 9.17) is 0 Å². The van der Waals surface area contributed by atoms with Gasteiger partial charge in [-0.05, 0) is 24.3 Å². The number of hydrogen-bond acceptors (Lipinski definition) is 4. The maximum atomic E-state index is 12.4. The fourth-order valence-corrected chi connectivity index (χ4v) is 4.33. The molecule has 2 aliphatic heterocycles. The summed E-state index contributed by atoms with van der Waals surface area (Å²) in [6.45, 7) is 0.969. The van der Waals surface area contributed by atoms with Crippen LogP contribution in [-0.4, -0.2) is 58.4 Å². The van der Waals surface area contributed by atoms with Crippen molar-refractivity contribution in [2.24, 2.45) is 5.92 Å². The second-order valence-electron chi connectivity index (χ2n) is 5.92. The van der Waals surface area contributed by atoms with Crippen molar-refractivity contribution in [2.75, 3.05) is 20.1 Å². The van der Waals surface area contributed by atoms with E-state index in [0.717, 1.165) is 0 Å². The van der Waals surface area contributed by atoms with Gasteiger partial charge in [0.1, 0.15) is 0 Å². The number of aliphatic carboxylic acids is 1. The van der Waals surface area contributed by atoms with Crippen molar-refractivity contribution in [3.05, 3.63) is 22.4 Å². The fraction of sp³-hybridized carbons (Fsp3) is 0.533. The Hall–Kier alpha value is -1.89. The number of carboxylic acid groups (broad SMARTS) is 1. The smallest absolute Gasteiger partial charge is 0.309 e. The van der Waals surface area contributed by atoms with E-state index < -0.39 is 17.4 Å². The molecule has 0 saturated carbocycles.